The van der Waals surface area contributed by atoms with E-state index in [1.54, 1.807) is 0 Å². The molecule has 3 nitrogen and oxygen atoms in total. The van der Waals surface area contributed by atoms with Crippen molar-refractivity contribution in [2.24, 2.45) is 0 Å². The topological polar surface area (TPSA) is 55.3 Å². The molecule has 0 atom stereocenters. The molecule has 0 aliphatic carbocycles. The van der Waals surface area contributed by atoms with Crippen molar-refractivity contribution in [1.82, 2.24) is 0 Å². The predicted octanol–water partition coefficient (Wildman–Crippen LogP) is 0.980. The second-order valence-electron chi connectivity index (χ2n) is 3.98. The summed E-state index contributed by atoms with van der Waals surface area (Å²) in [5.41, 5.74) is -1.04. The highest BCUT2D eigenvalue weighted by Crippen LogP contribution is 2.28. The van der Waals surface area contributed by atoms with Crippen molar-refractivity contribution >= 4 is 7.32 Å². The Morgan fingerprint density at radius 2 is 1.25 bits per heavy atom. The van der Waals surface area contributed by atoms with Crippen LogP contribution in [-0.4, -0.2) is 19.7 Å². The summed E-state index contributed by atoms with van der Waals surface area (Å²) in [5.74, 6) is -0.610. The van der Waals surface area contributed by atoms with Gasteiger partial charge in [0.05, 0.1) is 18.6 Å². The molecule has 0 spiro atoms. The van der Waals surface area contributed by atoms with E-state index in [-0.39, 0.29) is 0 Å². The Labute approximate surface area is 110 Å². The van der Waals surface area contributed by atoms with Crippen LogP contribution in [0.2, 0.25) is 0 Å². The average molecular weight is 300 g/mol. The number of hydrogen-bond donors (Lipinski definition) is 0. The SMILES string of the molecule is [O-]B([O-])Oc1cc(CC(F)(F)F)cc(CC(F)(F)F)c1. The molecule has 0 saturated heterocycles. The number of halogens is 6. The van der Waals surface area contributed by atoms with Crippen LogP contribution >= 0.6 is 0 Å². The molecule has 20 heavy (non-hydrogen) atoms. The largest absolute Gasteiger partial charge is 0.860 e. The van der Waals surface area contributed by atoms with Crippen molar-refractivity contribution in [2.45, 2.75) is 25.2 Å². The average Bonchev–Trinajstić information content (AvgIpc) is 2.08. The van der Waals surface area contributed by atoms with E-state index < -0.39 is 49.4 Å². The first kappa shape index (κ1) is 16.6. The summed E-state index contributed by atoms with van der Waals surface area (Å²) in [5, 5.41) is 20.5. The Morgan fingerprint density at radius 1 is 0.850 bits per heavy atom. The van der Waals surface area contributed by atoms with Crippen molar-refractivity contribution in [2.75, 3.05) is 0 Å². The van der Waals surface area contributed by atoms with Gasteiger partial charge in [-0.2, -0.15) is 26.3 Å². The van der Waals surface area contributed by atoms with Crippen LogP contribution in [0.25, 0.3) is 0 Å². The maximum atomic E-state index is 12.2. The van der Waals surface area contributed by atoms with Crippen LogP contribution in [0.4, 0.5) is 26.3 Å². The van der Waals surface area contributed by atoms with Crippen LogP contribution in [0.3, 0.4) is 0 Å². The quantitative estimate of drug-likeness (QED) is 0.615. The maximum Gasteiger partial charge on any atom is 0.393 e. The van der Waals surface area contributed by atoms with Crippen molar-refractivity contribution in [3.05, 3.63) is 29.3 Å². The fourth-order valence-corrected chi connectivity index (χ4v) is 1.57. The number of benzene rings is 1. The van der Waals surface area contributed by atoms with Gasteiger partial charge in [-0.1, -0.05) is 6.07 Å². The minimum atomic E-state index is -4.64. The smallest absolute Gasteiger partial charge is 0.393 e. The third-order valence-electron chi connectivity index (χ3n) is 2.07. The zero-order chi connectivity index (χ0) is 15.6. The molecule has 112 valence electrons. The molecule has 0 amide bonds. The second-order valence-corrected chi connectivity index (χ2v) is 3.98. The summed E-state index contributed by atoms with van der Waals surface area (Å²) in [4.78, 5) is 0. The van der Waals surface area contributed by atoms with Gasteiger partial charge in [-0.15, -0.1) is 0 Å². The summed E-state index contributed by atoms with van der Waals surface area (Å²) in [7, 11) is -2.84. The number of alkyl halides is 6. The van der Waals surface area contributed by atoms with Crippen LogP contribution in [0.1, 0.15) is 11.1 Å². The van der Waals surface area contributed by atoms with Gasteiger partial charge in [0.25, 0.3) is 0 Å². The Hall–Kier alpha value is -1.42. The third-order valence-corrected chi connectivity index (χ3v) is 2.07. The van der Waals surface area contributed by atoms with E-state index in [1.165, 1.54) is 0 Å². The first-order chi connectivity index (χ1) is 8.94. The molecular weight excluding hydrogens is 293 g/mol. The molecule has 1 aromatic carbocycles. The lowest BCUT2D eigenvalue weighted by Gasteiger charge is -2.27. The van der Waals surface area contributed by atoms with E-state index in [4.69, 9.17) is 0 Å². The van der Waals surface area contributed by atoms with Gasteiger partial charge in [-0.3, -0.25) is 0 Å². The maximum absolute atomic E-state index is 12.2. The Morgan fingerprint density at radius 3 is 1.55 bits per heavy atom. The lowest BCUT2D eigenvalue weighted by molar-refractivity contribution is -0.372. The van der Waals surface area contributed by atoms with Gasteiger partial charge in [-0.25, -0.2) is 0 Å². The highest BCUT2D eigenvalue weighted by molar-refractivity contribution is 6.29. The highest BCUT2D eigenvalue weighted by atomic mass is 19.4. The first-order valence-electron chi connectivity index (χ1n) is 5.19. The number of rotatable bonds is 4. The minimum Gasteiger partial charge on any atom is -0.860 e. The van der Waals surface area contributed by atoms with Gasteiger partial charge >= 0.3 is 12.4 Å². The molecule has 10 heteroatoms. The third kappa shape index (κ3) is 6.66. The predicted molar refractivity (Wildman–Crippen MR) is 52.3 cm³/mol. The first-order valence-corrected chi connectivity index (χ1v) is 5.19. The van der Waals surface area contributed by atoms with Gasteiger partial charge in [0.15, 0.2) is 0 Å². The van der Waals surface area contributed by atoms with E-state index in [0.29, 0.717) is 6.07 Å². The van der Waals surface area contributed by atoms with Crippen LogP contribution in [0, 0.1) is 0 Å². The molecule has 0 fully saturated rings. The Bertz CT molecular complexity index is 423. The van der Waals surface area contributed by atoms with Crippen LogP contribution in [0.5, 0.6) is 5.75 Å². The molecule has 0 saturated carbocycles. The summed E-state index contributed by atoms with van der Waals surface area (Å²) in [6.07, 6.45) is -12.3. The molecule has 0 aliphatic heterocycles. The van der Waals surface area contributed by atoms with Crippen LogP contribution < -0.4 is 14.7 Å². The molecule has 1 aromatic rings. The minimum absolute atomic E-state index is 0.519. The molecule has 0 heterocycles. The fraction of sp³-hybridized carbons (Fsp3) is 0.400. The zero-order valence-corrected chi connectivity index (χ0v) is 9.72. The van der Waals surface area contributed by atoms with Gasteiger partial charge in [-0.05, 0) is 23.3 Å². The summed E-state index contributed by atoms with van der Waals surface area (Å²) >= 11 is 0. The van der Waals surface area contributed by atoms with Crippen LogP contribution in [0.15, 0.2) is 18.2 Å². The van der Waals surface area contributed by atoms with Crippen molar-refractivity contribution in [1.29, 1.82) is 0 Å². The molecule has 0 bridgehead atoms. The van der Waals surface area contributed by atoms with E-state index in [1.807, 2.05) is 0 Å². The molecule has 0 N–H and O–H groups in total. The van der Waals surface area contributed by atoms with Gasteiger partial charge in [0.2, 0.25) is 0 Å². The Balaban J connectivity index is 3.07. The molecular formula is C10H7BF6O3-2. The van der Waals surface area contributed by atoms with E-state index in [2.05, 4.69) is 4.65 Å². The lowest BCUT2D eigenvalue weighted by atomic mass is 10.0. The molecule has 0 unspecified atom stereocenters. The van der Waals surface area contributed by atoms with E-state index in [9.17, 15) is 36.4 Å². The van der Waals surface area contributed by atoms with Crippen molar-refractivity contribution in [3.63, 3.8) is 0 Å². The van der Waals surface area contributed by atoms with E-state index >= 15 is 0 Å². The normalized spacial score (nSPS) is 12.4. The number of hydrogen-bond acceptors (Lipinski definition) is 3. The fourth-order valence-electron chi connectivity index (χ4n) is 1.57. The summed E-state index contributed by atoms with van der Waals surface area (Å²) in [6, 6.07) is 2.14. The van der Waals surface area contributed by atoms with E-state index in [0.717, 1.165) is 12.1 Å². The summed E-state index contributed by atoms with van der Waals surface area (Å²) < 4.78 is 77.4. The molecule has 0 aliphatic rings. The lowest BCUT2D eigenvalue weighted by Crippen LogP contribution is -2.50. The molecule has 0 radical (unpaired) electrons. The van der Waals surface area contributed by atoms with Gasteiger partial charge in [0.1, 0.15) is 7.32 Å². The van der Waals surface area contributed by atoms with Gasteiger partial charge < -0.3 is 14.7 Å². The monoisotopic (exact) mass is 300 g/mol. The molecule has 1 rings (SSSR count). The Kier molecular flexibility index (Phi) is 4.92. The zero-order valence-electron chi connectivity index (χ0n) is 9.72. The van der Waals surface area contributed by atoms with Crippen molar-refractivity contribution in [3.8, 4) is 5.75 Å². The second kappa shape index (κ2) is 5.92. The van der Waals surface area contributed by atoms with Crippen LogP contribution in [-0.2, 0) is 12.8 Å². The molecule has 0 aromatic heterocycles. The summed E-state index contributed by atoms with van der Waals surface area (Å²) in [6.45, 7) is 0. The highest BCUT2D eigenvalue weighted by Gasteiger charge is 2.30. The van der Waals surface area contributed by atoms with Gasteiger partial charge in [0, 0.05) is 0 Å². The van der Waals surface area contributed by atoms with Crippen molar-refractivity contribution < 1.29 is 41.0 Å². The standard InChI is InChI=1S/C10H7BF6O3/c12-9(13,14)4-6-1-7(5-10(15,16)17)3-8(2-6)20-11(18)19/h1-3H,4-5H2/q-2.